The van der Waals surface area contributed by atoms with Crippen molar-refractivity contribution in [2.75, 3.05) is 26.2 Å². The van der Waals surface area contributed by atoms with Crippen LogP contribution in [0.2, 0.25) is 5.02 Å². The maximum absolute atomic E-state index is 12.9. The van der Waals surface area contributed by atoms with Gasteiger partial charge < -0.3 is 10.2 Å². The number of hydrogen-bond donors (Lipinski definition) is 1. The van der Waals surface area contributed by atoms with Gasteiger partial charge in [0.2, 0.25) is 0 Å². The Balaban J connectivity index is 0.00000225. The average molecular weight is 419 g/mol. The first kappa shape index (κ1) is 21.2. The Bertz CT molecular complexity index is 770. The monoisotopic (exact) mass is 418 g/mol. The summed E-state index contributed by atoms with van der Waals surface area (Å²) in [4.78, 5) is 14.9. The molecule has 1 atom stereocenters. The third-order valence-corrected chi connectivity index (χ3v) is 6.23. The Morgan fingerprint density at radius 1 is 1.00 bits per heavy atom. The van der Waals surface area contributed by atoms with Gasteiger partial charge in [-0.15, -0.1) is 12.4 Å². The van der Waals surface area contributed by atoms with E-state index in [1.807, 2.05) is 29.2 Å². The number of hydrogen-bond acceptors (Lipinski definition) is 2. The molecule has 4 rings (SSSR count). The number of nitrogens with one attached hydrogen (secondary N) is 1. The van der Waals surface area contributed by atoms with Crippen molar-refractivity contribution in [1.82, 2.24) is 10.2 Å². The van der Waals surface area contributed by atoms with Crippen LogP contribution in [-0.4, -0.2) is 37.0 Å². The van der Waals surface area contributed by atoms with Crippen LogP contribution in [0.15, 0.2) is 48.5 Å². The minimum atomic E-state index is 0. The molecular weight excluding hydrogens is 391 g/mol. The fraction of sp³-hybridized carbons (Fsp3) is 0.435. The molecule has 1 N–H and O–H groups in total. The lowest BCUT2D eigenvalue weighted by Gasteiger charge is -2.23. The summed E-state index contributed by atoms with van der Waals surface area (Å²) in [6, 6.07) is 16.4. The highest BCUT2D eigenvalue weighted by Gasteiger charge is 2.27. The molecule has 0 saturated carbocycles. The van der Waals surface area contributed by atoms with Crippen LogP contribution in [-0.2, 0) is 6.42 Å². The van der Waals surface area contributed by atoms with E-state index in [-0.39, 0.29) is 18.3 Å². The Morgan fingerprint density at radius 3 is 2.36 bits per heavy atom. The Morgan fingerprint density at radius 2 is 1.68 bits per heavy atom. The maximum Gasteiger partial charge on any atom is 0.253 e. The quantitative estimate of drug-likeness (QED) is 0.762. The van der Waals surface area contributed by atoms with E-state index in [1.165, 1.54) is 24.0 Å². The van der Waals surface area contributed by atoms with Crippen LogP contribution in [0, 0.1) is 5.92 Å². The Kier molecular flexibility index (Phi) is 7.39. The van der Waals surface area contributed by atoms with Gasteiger partial charge in [0.15, 0.2) is 0 Å². The molecule has 5 heteroatoms. The van der Waals surface area contributed by atoms with E-state index in [1.54, 1.807) is 0 Å². The second-order valence-electron chi connectivity index (χ2n) is 7.88. The Labute approximate surface area is 178 Å². The van der Waals surface area contributed by atoms with Crippen molar-refractivity contribution < 1.29 is 4.79 Å². The van der Waals surface area contributed by atoms with Gasteiger partial charge in [0, 0.05) is 23.7 Å². The highest BCUT2D eigenvalue weighted by molar-refractivity contribution is 6.30. The number of halogens is 2. The highest BCUT2D eigenvalue weighted by atomic mass is 35.5. The lowest BCUT2D eigenvalue weighted by Crippen LogP contribution is -2.29. The zero-order valence-electron chi connectivity index (χ0n) is 16.1. The van der Waals surface area contributed by atoms with Crippen molar-refractivity contribution in [2.45, 2.75) is 31.6 Å². The number of likely N-dealkylation sites (tertiary alicyclic amines) is 1. The van der Waals surface area contributed by atoms with Crippen molar-refractivity contribution in [3.63, 3.8) is 0 Å². The lowest BCUT2D eigenvalue weighted by molar-refractivity contribution is 0.0787. The summed E-state index contributed by atoms with van der Waals surface area (Å²) in [6.07, 6.45) is 4.45. The van der Waals surface area contributed by atoms with Gasteiger partial charge in [-0.3, -0.25) is 4.79 Å². The van der Waals surface area contributed by atoms with Gasteiger partial charge in [-0.05, 0) is 86.0 Å². The molecule has 3 nitrogen and oxygen atoms in total. The summed E-state index contributed by atoms with van der Waals surface area (Å²) < 4.78 is 0. The average Bonchev–Trinajstić information content (AvgIpc) is 3.18. The zero-order valence-corrected chi connectivity index (χ0v) is 17.6. The second kappa shape index (κ2) is 9.78. The standard InChI is InChI=1S/C23H27ClN2O.ClH/c24-22-7-1-17(2-8-22)15-18-11-14-26(16-18)23(27)21-5-3-19(4-6-21)20-9-12-25-13-10-20;/h1-8,18,20,25H,9-16H2;1H. The molecule has 0 radical (unpaired) electrons. The molecule has 1 unspecified atom stereocenters. The number of benzene rings is 2. The molecular formula is C23H28Cl2N2O. The van der Waals surface area contributed by atoms with Crippen molar-refractivity contribution in [3.8, 4) is 0 Å². The SMILES string of the molecule is Cl.O=C(c1ccc(C2CCNCC2)cc1)N1CCC(Cc2ccc(Cl)cc2)C1. The molecule has 2 fully saturated rings. The fourth-order valence-electron chi connectivity index (χ4n) is 4.37. The van der Waals surface area contributed by atoms with E-state index in [9.17, 15) is 4.79 Å². The molecule has 2 aromatic rings. The van der Waals surface area contributed by atoms with Crippen LogP contribution < -0.4 is 5.32 Å². The number of carbonyl (C=O) groups is 1. The first-order valence-corrected chi connectivity index (χ1v) is 10.4. The minimum absolute atomic E-state index is 0. The molecule has 28 heavy (non-hydrogen) atoms. The van der Waals surface area contributed by atoms with Gasteiger partial charge in [0.05, 0.1) is 0 Å². The molecule has 0 bridgehead atoms. The molecule has 150 valence electrons. The van der Waals surface area contributed by atoms with Crippen molar-refractivity contribution in [3.05, 3.63) is 70.2 Å². The van der Waals surface area contributed by atoms with E-state index in [2.05, 4.69) is 29.6 Å². The fourth-order valence-corrected chi connectivity index (χ4v) is 4.50. The van der Waals surface area contributed by atoms with Crippen LogP contribution in [0.3, 0.4) is 0 Å². The van der Waals surface area contributed by atoms with Gasteiger partial charge in [0.1, 0.15) is 0 Å². The van der Waals surface area contributed by atoms with E-state index >= 15 is 0 Å². The molecule has 1 amide bonds. The third kappa shape index (κ3) is 5.08. The predicted molar refractivity (Wildman–Crippen MR) is 118 cm³/mol. The maximum atomic E-state index is 12.9. The van der Waals surface area contributed by atoms with E-state index in [0.717, 1.165) is 49.6 Å². The Hall–Kier alpha value is -1.55. The van der Waals surface area contributed by atoms with Gasteiger partial charge in [-0.2, -0.15) is 0 Å². The molecule has 2 aromatic carbocycles. The lowest BCUT2D eigenvalue weighted by atomic mass is 9.90. The van der Waals surface area contributed by atoms with Gasteiger partial charge >= 0.3 is 0 Å². The third-order valence-electron chi connectivity index (χ3n) is 5.98. The number of piperidine rings is 1. The van der Waals surface area contributed by atoms with E-state index in [4.69, 9.17) is 11.6 Å². The summed E-state index contributed by atoms with van der Waals surface area (Å²) in [6.45, 7) is 3.88. The summed E-state index contributed by atoms with van der Waals surface area (Å²) in [7, 11) is 0. The molecule has 2 heterocycles. The highest BCUT2D eigenvalue weighted by Crippen LogP contribution is 2.27. The number of rotatable bonds is 4. The zero-order chi connectivity index (χ0) is 18.6. The summed E-state index contributed by atoms with van der Waals surface area (Å²) in [5, 5.41) is 4.18. The predicted octanol–water partition coefficient (Wildman–Crippen LogP) is 4.93. The molecule has 2 aliphatic heterocycles. The summed E-state index contributed by atoms with van der Waals surface area (Å²) in [5.41, 5.74) is 3.49. The number of nitrogens with zero attached hydrogens (tertiary/aromatic N) is 1. The number of carbonyl (C=O) groups excluding carboxylic acids is 1. The molecule has 0 aliphatic carbocycles. The molecule has 2 saturated heterocycles. The normalized spacial score (nSPS) is 20.0. The van der Waals surface area contributed by atoms with Crippen LogP contribution >= 0.6 is 24.0 Å². The van der Waals surface area contributed by atoms with Crippen LogP contribution in [0.1, 0.15) is 46.7 Å². The second-order valence-corrected chi connectivity index (χ2v) is 8.32. The summed E-state index contributed by atoms with van der Waals surface area (Å²) in [5.74, 6) is 1.33. The van der Waals surface area contributed by atoms with E-state index < -0.39 is 0 Å². The topological polar surface area (TPSA) is 32.3 Å². The van der Waals surface area contributed by atoms with Gasteiger partial charge in [-0.25, -0.2) is 0 Å². The molecule has 0 spiro atoms. The van der Waals surface area contributed by atoms with E-state index in [0.29, 0.717) is 11.8 Å². The van der Waals surface area contributed by atoms with Crippen LogP contribution in [0.25, 0.3) is 0 Å². The molecule has 0 aromatic heterocycles. The van der Waals surface area contributed by atoms with Crippen molar-refractivity contribution in [1.29, 1.82) is 0 Å². The van der Waals surface area contributed by atoms with Gasteiger partial charge in [0.25, 0.3) is 5.91 Å². The largest absolute Gasteiger partial charge is 0.338 e. The smallest absolute Gasteiger partial charge is 0.253 e. The molecule has 2 aliphatic rings. The summed E-state index contributed by atoms with van der Waals surface area (Å²) >= 11 is 5.97. The van der Waals surface area contributed by atoms with Crippen LogP contribution in [0.5, 0.6) is 0 Å². The van der Waals surface area contributed by atoms with Crippen molar-refractivity contribution in [2.24, 2.45) is 5.92 Å². The first-order chi connectivity index (χ1) is 13.2. The minimum Gasteiger partial charge on any atom is -0.338 e. The first-order valence-electron chi connectivity index (χ1n) is 10.0. The van der Waals surface area contributed by atoms with Crippen LogP contribution in [0.4, 0.5) is 0 Å². The number of amides is 1. The van der Waals surface area contributed by atoms with Gasteiger partial charge in [-0.1, -0.05) is 35.9 Å². The van der Waals surface area contributed by atoms with Crippen molar-refractivity contribution >= 4 is 29.9 Å².